The molecule has 0 saturated heterocycles. The highest BCUT2D eigenvalue weighted by Gasteiger charge is 2.17. The smallest absolute Gasteiger partial charge is 0.163 e. The number of carbonyl (C=O) groups is 1. The van der Waals surface area contributed by atoms with Gasteiger partial charge in [0.15, 0.2) is 5.78 Å². The normalized spacial score (nSPS) is 12.8. The Labute approximate surface area is 101 Å². The number of carbonyl (C=O) groups excluding carboxylic acids is 1. The highest BCUT2D eigenvalue weighted by molar-refractivity contribution is 6.00. The molecular formula is C14H14N2O. The van der Waals surface area contributed by atoms with Crippen LogP contribution >= 0.6 is 0 Å². The van der Waals surface area contributed by atoms with Crippen molar-refractivity contribution in [2.24, 2.45) is 5.41 Å². The van der Waals surface area contributed by atoms with Crippen LogP contribution in [0.15, 0.2) is 24.3 Å². The van der Waals surface area contributed by atoms with Gasteiger partial charge in [-0.3, -0.25) is 4.79 Å². The van der Waals surface area contributed by atoms with E-state index in [1.807, 2.05) is 36.4 Å². The molecule has 0 aromatic heterocycles. The molecule has 0 amide bonds. The standard InChI is InChI=1S/C9H8O.C5H6N2/c10-9-6-5-7-3-1-2-4-8(7)9;1-5(2,3-6)4-7/h1-4H,5-6H2;1-2H3. The molecule has 3 heteroatoms. The van der Waals surface area contributed by atoms with Crippen molar-refractivity contribution in [2.75, 3.05) is 0 Å². The summed E-state index contributed by atoms with van der Waals surface area (Å²) in [7, 11) is 0. The molecular weight excluding hydrogens is 212 g/mol. The summed E-state index contributed by atoms with van der Waals surface area (Å²) in [4.78, 5) is 11.1. The van der Waals surface area contributed by atoms with Crippen LogP contribution in [-0.4, -0.2) is 5.78 Å². The summed E-state index contributed by atoms with van der Waals surface area (Å²) in [6.45, 7) is 3.15. The van der Waals surface area contributed by atoms with Crippen molar-refractivity contribution < 1.29 is 4.79 Å². The maximum absolute atomic E-state index is 11.1. The largest absolute Gasteiger partial charge is 0.294 e. The summed E-state index contributed by atoms with van der Waals surface area (Å²) in [5.41, 5.74) is 1.34. The molecule has 0 N–H and O–H groups in total. The number of rotatable bonds is 0. The molecule has 0 spiro atoms. The Balaban J connectivity index is 0.000000185. The average molecular weight is 226 g/mol. The second-order valence-corrected chi connectivity index (χ2v) is 4.43. The third-order valence-electron chi connectivity index (χ3n) is 2.50. The van der Waals surface area contributed by atoms with Gasteiger partial charge in [-0.2, -0.15) is 10.5 Å². The minimum absolute atomic E-state index is 0.301. The quantitative estimate of drug-likeness (QED) is 0.683. The summed E-state index contributed by atoms with van der Waals surface area (Å²) < 4.78 is 0. The minimum atomic E-state index is -0.806. The topological polar surface area (TPSA) is 64.7 Å². The van der Waals surface area contributed by atoms with Crippen LogP contribution in [0.3, 0.4) is 0 Å². The predicted octanol–water partition coefficient (Wildman–Crippen LogP) is 2.88. The fraction of sp³-hybridized carbons (Fsp3) is 0.357. The van der Waals surface area contributed by atoms with E-state index in [1.165, 1.54) is 5.56 Å². The molecule has 17 heavy (non-hydrogen) atoms. The zero-order valence-electron chi connectivity index (χ0n) is 10.0. The van der Waals surface area contributed by atoms with Gasteiger partial charge in [0.25, 0.3) is 0 Å². The van der Waals surface area contributed by atoms with Gasteiger partial charge in [-0.05, 0) is 25.8 Å². The Morgan fingerprint density at radius 1 is 1.12 bits per heavy atom. The monoisotopic (exact) mass is 226 g/mol. The lowest BCUT2D eigenvalue weighted by molar-refractivity contribution is 0.0994. The number of nitrogens with zero attached hydrogens (tertiary/aromatic N) is 2. The lowest BCUT2D eigenvalue weighted by atomic mass is 9.99. The second-order valence-electron chi connectivity index (χ2n) is 4.43. The van der Waals surface area contributed by atoms with E-state index in [0.717, 1.165) is 12.0 Å². The molecule has 0 atom stereocenters. The van der Waals surface area contributed by atoms with Crippen molar-refractivity contribution in [2.45, 2.75) is 26.7 Å². The van der Waals surface area contributed by atoms with Gasteiger partial charge in [0, 0.05) is 12.0 Å². The van der Waals surface area contributed by atoms with E-state index in [1.54, 1.807) is 13.8 Å². The lowest BCUT2D eigenvalue weighted by Gasteiger charge is -1.97. The van der Waals surface area contributed by atoms with Gasteiger partial charge < -0.3 is 0 Å². The highest BCUT2D eigenvalue weighted by Crippen LogP contribution is 2.20. The molecule has 86 valence electrons. The number of benzene rings is 1. The molecule has 0 radical (unpaired) electrons. The molecule has 0 unspecified atom stereocenters. The molecule has 3 nitrogen and oxygen atoms in total. The van der Waals surface area contributed by atoms with Crippen LogP contribution < -0.4 is 0 Å². The van der Waals surface area contributed by atoms with Crippen LogP contribution in [-0.2, 0) is 6.42 Å². The molecule has 0 saturated carbocycles. The highest BCUT2D eigenvalue weighted by atomic mass is 16.1. The summed E-state index contributed by atoms with van der Waals surface area (Å²) in [6, 6.07) is 11.5. The van der Waals surface area contributed by atoms with Crippen LogP contribution in [0, 0.1) is 28.1 Å². The molecule has 0 bridgehead atoms. The van der Waals surface area contributed by atoms with Crippen LogP contribution in [0.1, 0.15) is 36.2 Å². The molecule has 2 rings (SSSR count). The molecule has 0 fully saturated rings. The van der Waals surface area contributed by atoms with Crippen LogP contribution in [0.5, 0.6) is 0 Å². The SMILES string of the molecule is CC(C)(C#N)C#N.O=C1CCc2ccccc21. The Hall–Kier alpha value is -2.13. The second kappa shape index (κ2) is 5.27. The van der Waals surface area contributed by atoms with Gasteiger partial charge in [0.2, 0.25) is 0 Å². The Kier molecular flexibility index (Phi) is 4.01. The van der Waals surface area contributed by atoms with Gasteiger partial charge in [0.05, 0.1) is 12.1 Å². The first-order chi connectivity index (χ1) is 8.00. The Morgan fingerprint density at radius 2 is 1.71 bits per heavy atom. The number of ketones is 1. The Bertz CT molecular complexity index is 488. The number of Topliss-reactive ketones (excluding diaryl/α,β-unsaturated/α-hetero) is 1. The van der Waals surface area contributed by atoms with E-state index in [-0.39, 0.29) is 0 Å². The van der Waals surface area contributed by atoms with Gasteiger partial charge in [0.1, 0.15) is 5.41 Å². The number of nitriles is 2. The summed E-state index contributed by atoms with van der Waals surface area (Å²) in [6.07, 6.45) is 1.65. The summed E-state index contributed by atoms with van der Waals surface area (Å²) in [5, 5.41) is 16.2. The summed E-state index contributed by atoms with van der Waals surface area (Å²) >= 11 is 0. The fourth-order valence-electron chi connectivity index (χ4n) is 1.42. The van der Waals surface area contributed by atoms with E-state index in [2.05, 4.69) is 0 Å². The first-order valence-electron chi connectivity index (χ1n) is 5.44. The van der Waals surface area contributed by atoms with Crippen LogP contribution in [0.2, 0.25) is 0 Å². The van der Waals surface area contributed by atoms with Gasteiger partial charge >= 0.3 is 0 Å². The molecule has 1 aliphatic carbocycles. The molecule has 0 aliphatic heterocycles. The predicted molar refractivity (Wildman–Crippen MR) is 64.1 cm³/mol. The number of hydrogen-bond donors (Lipinski definition) is 0. The van der Waals surface area contributed by atoms with Crippen LogP contribution in [0.25, 0.3) is 0 Å². The molecule has 0 heterocycles. The van der Waals surface area contributed by atoms with Crippen molar-refractivity contribution in [3.05, 3.63) is 35.4 Å². The number of fused-ring (bicyclic) bond motifs is 1. The molecule has 1 aromatic carbocycles. The minimum Gasteiger partial charge on any atom is -0.294 e. The fourth-order valence-corrected chi connectivity index (χ4v) is 1.42. The van der Waals surface area contributed by atoms with Crippen molar-refractivity contribution in [1.82, 2.24) is 0 Å². The average Bonchev–Trinajstić information content (AvgIpc) is 2.73. The zero-order valence-corrected chi connectivity index (χ0v) is 10.0. The van der Waals surface area contributed by atoms with Crippen molar-refractivity contribution in [3.63, 3.8) is 0 Å². The zero-order chi connectivity index (χ0) is 12.9. The van der Waals surface area contributed by atoms with Gasteiger partial charge in [-0.25, -0.2) is 0 Å². The van der Waals surface area contributed by atoms with Crippen LogP contribution in [0.4, 0.5) is 0 Å². The molecule has 1 aliphatic rings. The first-order valence-corrected chi connectivity index (χ1v) is 5.44. The first kappa shape index (κ1) is 12.9. The van der Waals surface area contributed by atoms with Gasteiger partial charge in [-0.1, -0.05) is 24.3 Å². The Morgan fingerprint density at radius 3 is 2.18 bits per heavy atom. The van der Waals surface area contributed by atoms with Crippen molar-refractivity contribution >= 4 is 5.78 Å². The van der Waals surface area contributed by atoms with Gasteiger partial charge in [-0.15, -0.1) is 0 Å². The lowest BCUT2D eigenvalue weighted by Crippen LogP contribution is -2.01. The van der Waals surface area contributed by atoms with E-state index in [4.69, 9.17) is 10.5 Å². The van der Waals surface area contributed by atoms with E-state index >= 15 is 0 Å². The van der Waals surface area contributed by atoms with Crippen molar-refractivity contribution in [3.8, 4) is 12.1 Å². The maximum Gasteiger partial charge on any atom is 0.163 e. The molecule has 1 aromatic rings. The van der Waals surface area contributed by atoms with E-state index < -0.39 is 5.41 Å². The third-order valence-corrected chi connectivity index (χ3v) is 2.50. The maximum atomic E-state index is 11.1. The van der Waals surface area contributed by atoms with E-state index in [0.29, 0.717) is 12.2 Å². The van der Waals surface area contributed by atoms with Crippen molar-refractivity contribution in [1.29, 1.82) is 10.5 Å². The van der Waals surface area contributed by atoms with E-state index in [9.17, 15) is 4.79 Å². The number of aryl methyl sites for hydroxylation is 1. The number of hydrogen-bond acceptors (Lipinski definition) is 3. The summed E-state index contributed by atoms with van der Waals surface area (Å²) in [5.74, 6) is 0.301. The third kappa shape index (κ3) is 3.43.